The Hall–Kier alpha value is -2.18. The average molecular weight is 434 g/mol. The number of hydrogen-bond acceptors (Lipinski definition) is 4. The molecule has 5 nitrogen and oxygen atoms in total. The summed E-state index contributed by atoms with van der Waals surface area (Å²) >= 11 is 2.00. The highest BCUT2D eigenvalue weighted by Gasteiger charge is 2.47. The highest BCUT2D eigenvalue weighted by molar-refractivity contribution is 7.19. The van der Waals surface area contributed by atoms with Gasteiger partial charge in [0.1, 0.15) is 11.2 Å². The van der Waals surface area contributed by atoms with Crippen molar-refractivity contribution in [3.63, 3.8) is 0 Å². The second-order valence-electron chi connectivity index (χ2n) is 10.2. The van der Waals surface area contributed by atoms with Crippen LogP contribution in [0.4, 0.5) is 0 Å². The quantitative estimate of drug-likeness (QED) is 0.426. The molecule has 0 atom stereocenters. The first kappa shape index (κ1) is 19.5. The van der Waals surface area contributed by atoms with Crippen molar-refractivity contribution in [2.24, 2.45) is 5.41 Å². The van der Waals surface area contributed by atoms with Crippen LogP contribution in [0.5, 0.6) is 0 Å². The second kappa shape index (κ2) is 6.66. The summed E-state index contributed by atoms with van der Waals surface area (Å²) < 4.78 is 1.92. The van der Waals surface area contributed by atoms with E-state index in [1.54, 1.807) is 11.2 Å². The third-order valence-corrected chi connectivity index (χ3v) is 9.37. The van der Waals surface area contributed by atoms with Gasteiger partial charge in [-0.15, -0.1) is 11.3 Å². The topological polar surface area (TPSA) is 58.0 Å². The number of fused-ring (bicyclic) bond motifs is 2. The molecule has 1 saturated heterocycles. The molecule has 5 heterocycles. The lowest BCUT2D eigenvalue weighted by molar-refractivity contribution is 0.129. The molecule has 2 N–H and O–H groups in total. The number of hydrogen-bond donors (Lipinski definition) is 2. The predicted molar refractivity (Wildman–Crippen MR) is 128 cm³/mol. The van der Waals surface area contributed by atoms with Crippen LogP contribution in [0.1, 0.15) is 72.1 Å². The van der Waals surface area contributed by atoms with Crippen LogP contribution in [-0.2, 0) is 0 Å². The molecule has 1 spiro atoms. The molecule has 2 aliphatic rings. The van der Waals surface area contributed by atoms with Gasteiger partial charge in [0.05, 0.1) is 5.69 Å². The summed E-state index contributed by atoms with van der Waals surface area (Å²) in [5.74, 6) is 1.19. The fraction of sp³-hybridized carbons (Fsp3) is 0.520. The number of aromatic amines is 1. The summed E-state index contributed by atoms with van der Waals surface area (Å²) in [5, 5.41) is 9.46. The zero-order valence-corrected chi connectivity index (χ0v) is 19.9. The van der Waals surface area contributed by atoms with E-state index in [4.69, 9.17) is 0 Å². The molecule has 1 aliphatic heterocycles. The second-order valence-corrected chi connectivity index (χ2v) is 11.3. The van der Waals surface area contributed by atoms with Crippen molar-refractivity contribution in [1.29, 1.82) is 0 Å². The maximum Gasteiger partial charge on any atom is 0.158 e. The van der Waals surface area contributed by atoms with E-state index in [9.17, 15) is 0 Å². The van der Waals surface area contributed by atoms with Crippen LogP contribution in [0.15, 0.2) is 12.5 Å². The molecule has 0 unspecified atom stereocenters. The van der Waals surface area contributed by atoms with Crippen LogP contribution in [0.25, 0.3) is 27.1 Å². The highest BCUT2D eigenvalue weighted by Crippen LogP contribution is 2.57. The maximum atomic E-state index is 4.43. The highest BCUT2D eigenvalue weighted by atomic mass is 32.1. The zero-order chi connectivity index (χ0) is 21.5. The van der Waals surface area contributed by atoms with Gasteiger partial charge < -0.3 is 10.3 Å². The molecule has 0 radical (unpaired) electrons. The molecule has 1 saturated carbocycles. The average Bonchev–Trinajstić information content (AvgIpc) is 3.47. The van der Waals surface area contributed by atoms with Gasteiger partial charge in [0.2, 0.25) is 0 Å². The number of rotatable bonds is 3. The van der Waals surface area contributed by atoms with E-state index in [1.807, 2.05) is 15.9 Å². The van der Waals surface area contributed by atoms with Gasteiger partial charge in [-0.05, 0) is 86.1 Å². The minimum Gasteiger partial charge on any atom is -0.346 e. The third-order valence-electron chi connectivity index (χ3n) is 8.00. The normalized spacial score (nSPS) is 23.6. The third kappa shape index (κ3) is 2.70. The lowest BCUT2D eigenvalue weighted by Gasteiger charge is -2.45. The summed E-state index contributed by atoms with van der Waals surface area (Å²) in [6.45, 7) is 13.8. The van der Waals surface area contributed by atoms with Gasteiger partial charge >= 0.3 is 0 Å². The molecular formula is C25H31N5S. The number of aryl methyl sites for hydroxylation is 2. The van der Waals surface area contributed by atoms with E-state index in [0.29, 0.717) is 11.3 Å². The largest absolute Gasteiger partial charge is 0.346 e. The molecule has 1 aliphatic carbocycles. The first-order valence-electron chi connectivity index (χ1n) is 11.5. The molecule has 6 rings (SSSR count). The summed E-state index contributed by atoms with van der Waals surface area (Å²) in [6.07, 6.45) is 7.86. The predicted octanol–water partition coefficient (Wildman–Crippen LogP) is 5.84. The number of thiophene rings is 1. The summed E-state index contributed by atoms with van der Waals surface area (Å²) in [7, 11) is 0. The molecule has 162 valence electrons. The number of H-pyrrole nitrogens is 1. The van der Waals surface area contributed by atoms with Crippen molar-refractivity contribution in [3.8, 4) is 11.3 Å². The summed E-state index contributed by atoms with van der Waals surface area (Å²) in [5.41, 5.74) is 9.47. The minimum absolute atomic E-state index is 0.447. The van der Waals surface area contributed by atoms with Gasteiger partial charge in [-0.25, -0.2) is 9.50 Å². The Labute approximate surface area is 187 Å². The van der Waals surface area contributed by atoms with Crippen molar-refractivity contribution in [1.82, 2.24) is 24.9 Å². The van der Waals surface area contributed by atoms with Crippen molar-refractivity contribution in [3.05, 3.63) is 39.7 Å². The van der Waals surface area contributed by atoms with Crippen molar-refractivity contribution >= 4 is 27.2 Å². The molecular weight excluding hydrogens is 402 g/mol. The van der Waals surface area contributed by atoms with Gasteiger partial charge in [-0.2, -0.15) is 5.10 Å². The van der Waals surface area contributed by atoms with Crippen molar-refractivity contribution < 1.29 is 0 Å². The van der Waals surface area contributed by atoms with Gasteiger partial charge in [-0.3, -0.25) is 0 Å². The van der Waals surface area contributed by atoms with Crippen LogP contribution in [0.2, 0.25) is 0 Å². The molecule has 4 aromatic rings. The summed E-state index contributed by atoms with van der Waals surface area (Å²) in [4.78, 5) is 11.2. The van der Waals surface area contributed by atoms with Crippen LogP contribution >= 0.6 is 11.3 Å². The molecule has 0 aromatic carbocycles. The van der Waals surface area contributed by atoms with E-state index < -0.39 is 0 Å². The Morgan fingerprint density at radius 2 is 1.97 bits per heavy atom. The molecule has 31 heavy (non-hydrogen) atoms. The van der Waals surface area contributed by atoms with Gasteiger partial charge in [0, 0.05) is 28.6 Å². The first-order valence-corrected chi connectivity index (χ1v) is 12.4. The minimum atomic E-state index is 0.447. The number of aromatic nitrogens is 4. The fourth-order valence-electron chi connectivity index (χ4n) is 6.20. The van der Waals surface area contributed by atoms with Crippen LogP contribution < -0.4 is 5.32 Å². The standard InChI is InChI=1S/C25H31N5S/c1-13(2)19-20-16(5)22(17-8-25(9-17)6-7-26-11-25)31-24(20)29-21(19)18-10-30-23(27-12-28-30)15(4)14(18)3/h10,12-13,17,26,29H,6-9,11H2,1-5H3/t17-,25+. The van der Waals surface area contributed by atoms with Gasteiger partial charge in [0.25, 0.3) is 0 Å². The maximum absolute atomic E-state index is 4.43. The van der Waals surface area contributed by atoms with E-state index >= 15 is 0 Å². The lowest BCUT2D eigenvalue weighted by atomic mass is 9.61. The Kier molecular flexibility index (Phi) is 4.19. The molecule has 2 fully saturated rings. The Balaban J connectivity index is 1.48. The van der Waals surface area contributed by atoms with E-state index in [2.05, 4.69) is 61.2 Å². The number of nitrogens with one attached hydrogen (secondary N) is 2. The van der Waals surface area contributed by atoms with Crippen molar-refractivity contribution in [2.75, 3.05) is 13.1 Å². The molecule has 0 bridgehead atoms. The Morgan fingerprint density at radius 3 is 2.68 bits per heavy atom. The van der Waals surface area contributed by atoms with Crippen LogP contribution in [-0.4, -0.2) is 32.7 Å². The van der Waals surface area contributed by atoms with Crippen molar-refractivity contribution in [2.45, 2.75) is 65.7 Å². The number of pyridine rings is 1. The molecule has 6 heteroatoms. The Morgan fingerprint density at radius 1 is 1.16 bits per heavy atom. The Bertz CT molecular complexity index is 1310. The van der Waals surface area contributed by atoms with Gasteiger partial charge in [0.15, 0.2) is 5.65 Å². The van der Waals surface area contributed by atoms with E-state index in [0.717, 1.165) is 11.6 Å². The van der Waals surface area contributed by atoms with Crippen LogP contribution in [0.3, 0.4) is 0 Å². The SMILES string of the molecule is Cc1c(-c2[nH]c3sc([C@H]4C[C@]5(CCNC5)C4)c(C)c3c2C(C)C)cn2ncnc2c1C. The summed E-state index contributed by atoms with van der Waals surface area (Å²) in [6, 6.07) is 0. The molecule has 4 aromatic heterocycles. The smallest absolute Gasteiger partial charge is 0.158 e. The monoisotopic (exact) mass is 433 g/mol. The fourth-order valence-corrected chi connectivity index (χ4v) is 7.52. The first-order chi connectivity index (χ1) is 14.9. The van der Waals surface area contributed by atoms with Crippen LogP contribution in [0, 0.1) is 26.2 Å². The molecule has 0 amide bonds. The van der Waals surface area contributed by atoms with E-state index in [-0.39, 0.29) is 0 Å². The van der Waals surface area contributed by atoms with Gasteiger partial charge in [-0.1, -0.05) is 13.8 Å². The zero-order valence-electron chi connectivity index (χ0n) is 19.1. The lowest BCUT2D eigenvalue weighted by Crippen LogP contribution is -2.37. The van der Waals surface area contributed by atoms with E-state index in [1.165, 1.54) is 76.1 Å². The number of nitrogens with zero attached hydrogens (tertiary/aromatic N) is 3.